The van der Waals surface area contributed by atoms with Gasteiger partial charge in [0, 0.05) is 37.8 Å². The number of carbonyl (C=O) groups excluding carboxylic acids is 1. The average molecular weight is 295 g/mol. The van der Waals surface area contributed by atoms with Gasteiger partial charge in [-0.05, 0) is 46.1 Å². The van der Waals surface area contributed by atoms with Crippen molar-refractivity contribution in [1.29, 1.82) is 0 Å². The summed E-state index contributed by atoms with van der Waals surface area (Å²) < 4.78 is 5.07. The van der Waals surface area contributed by atoms with E-state index in [-0.39, 0.29) is 5.97 Å². The first-order valence-corrected chi connectivity index (χ1v) is 8.36. The second-order valence-electron chi connectivity index (χ2n) is 7.31. The second kappa shape index (κ2) is 5.86. The van der Waals surface area contributed by atoms with Gasteiger partial charge in [-0.1, -0.05) is 0 Å². The van der Waals surface area contributed by atoms with Crippen molar-refractivity contribution in [2.45, 2.75) is 63.2 Å². The zero-order chi connectivity index (χ0) is 15.0. The van der Waals surface area contributed by atoms with Crippen LogP contribution >= 0.6 is 0 Å². The quantitative estimate of drug-likeness (QED) is 0.762. The van der Waals surface area contributed by atoms with Gasteiger partial charge in [0.1, 0.15) is 5.54 Å². The lowest BCUT2D eigenvalue weighted by molar-refractivity contribution is -0.149. The van der Waals surface area contributed by atoms with E-state index in [0.717, 1.165) is 19.6 Å². The van der Waals surface area contributed by atoms with Crippen LogP contribution in [0.3, 0.4) is 0 Å². The molecule has 2 heterocycles. The first-order valence-electron chi connectivity index (χ1n) is 8.36. The third-order valence-electron chi connectivity index (χ3n) is 5.32. The first-order chi connectivity index (χ1) is 10.0. The Kier molecular flexibility index (Phi) is 4.26. The molecule has 2 saturated heterocycles. The predicted molar refractivity (Wildman–Crippen MR) is 82.2 cm³/mol. The maximum absolute atomic E-state index is 12.3. The summed E-state index contributed by atoms with van der Waals surface area (Å²) >= 11 is 0. The van der Waals surface area contributed by atoms with Crippen molar-refractivity contribution < 1.29 is 9.53 Å². The Morgan fingerprint density at radius 1 is 1.33 bits per heavy atom. The average Bonchev–Trinajstić information content (AvgIpc) is 3.14. The van der Waals surface area contributed by atoms with Crippen LogP contribution in [0.25, 0.3) is 0 Å². The van der Waals surface area contributed by atoms with E-state index in [1.165, 1.54) is 39.3 Å². The number of esters is 1. The molecule has 120 valence electrons. The topological polar surface area (TPSA) is 44.8 Å². The van der Waals surface area contributed by atoms with Gasteiger partial charge in [-0.2, -0.15) is 0 Å². The smallest absolute Gasteiger partial charge is 0.327 e. The van der Waals surface area contributed by atoms with Crippen molar-refractivity contribution >= 4 is 5.97 Å². The summed E-state index contributed by atoms with van der Waals surface area (Å²) in [5, 5.41) is 3.52. The molecule has 3 atom stereocenters. The Labute approximate surface area is 128 Å². The van der Waals surface area contributed by atoms with Crippen LogP contribution in [-0.2, 0) is 9.53 Å². The van der Waals surface area contributed by atoms with Gasteiger partial charge in [-0.15, -0.1) is 0 Å². The normalized spacial score (nSPS) is 33.5. The van der Waals surface area contributed by atoms with Gasteiger partial charge in [0.05, 0.1) is 7.11 Å². The Bertz CT molecular complexity index is 399. The molecule has 3 unspecified atom stereocenters. The number of nitrogens with one attached hydrogen (secondary N) is 1. The lowest BCUT2D eigenvalue weighted by Crippen LogP contribution is -2.63. The molecule has 0 radical (unpaired) electrons. The van der Waals surface area contributed by atoms with Gasteiger partial charge in [0.2, 0.25) is 0 Å². The summed E-state index contributed by atoms with van der Waals surface area (Å²) in [5.74, 6) is -0.129. The van der Waals surface area contributed by atoms with Crippen LogP contribution in [0.5, 0.6) is 0 Å². The largest absolute Gasteiger partial charge is 0.468 e. The SMILES string of the molecule is COC(=O)C(C)(CN1CC2CCCN2CC1C)NC1CC1. The minimum atomic E-state index is -0.578. The molecule has 5 heteroatoms. The number of methoxy groups -OCH3 is 1. The maximum atomic E-state index is 12.3. The Balaban J connectivity index is 1.67. The van der Waals surface area contributed by atoms with Crippen molar-refractivity contribution in [3.05, 3.63) is 0 Å². The zero-order valence-corrected chi connectivity index (χ0v) is 13.6. The molecular formula is C16H29N3O2. The third kappa shape index (κ3) is 3.25. The summed E-state index contributed by atoms with van der Waals surface area (Å²) in [4.78, 5) is 17.4. The van der Waals surface area contributed by atoms with Crippen molar-refractivity contribution in [1.82, 2.24) is 15.1 Å². The van der Waals surface area contributed by atoms with Crippen LogP contribution in [0.1, 0.15) is 39.5 Å². The molecule has 1 saturated carbocycles. The van der Waals surface area contributed by atoms with Crippen molar-refractivity contribution in [3.63, 3.8) is 0 Å². The molecule has 0 spiro atoms. The highest BCUT2D eigenvalue weighted by Crippen LogP contribution is 2.28. The Hall–Kier alpha value is -0.650. The molecule has 21 heavy (non-hydrogen) atoms. The van der Waals surface area contributed by atoms with Gasteiger partial charge in [-0.25, -0.2) is 0 Å². The maximum Gasteiger partial charge on any atom is 0.327 e. The molecule has 1 N–H and O–H groups in total. The fourth-order valence-corrected chi connectivity index (χ4v) is 3.95. The van der Waals surface area contributed by atoms with E-state index in [1.807, 2.05) is 6.92 Å². The highest BCUT2D eigenvalue weighted by atomic mass is 16.5. The molecule has 3 aliphatic rings. The molecule has 1 aliphatic carbocycles. The minimum absolute atomic E-state index is 0.129. The fraction of sp³-hybridized carbons (Fsp3) is 0.938. The van der Waals surface area contributed by atoms with Gasteiger partial charge in [-0.3, -0.25) is 19.9 Å². The number of piperazine rings is 1. The molecule has 0 bridgehead atoms. The molecule has 3 rings (SSSR count). The Morgan fingerprint density at radius 2 is 2.10 bits per heavy atom. The Morgan fingerprint density at radius 3 is 2.76 bits per heavy atom. The fourth-order valence-electron chi connectivity index (χ4n) is 3.95. The van der Waals surface area contributed by atoms with Crippen LogP contribution in [0, 0.1) is 0 Å². The number of hydrogen-bond acceptors (Lipinski definition) is 5. The van der Waals surface area contributed by atoms with E-state index in [0.29, 0.717) is 18.1 Å². The summed E-state index contributed by atoms with van der Waals surface area (Å²) in [5.41, 5.74) is -0.578. The van der Waals surface area contributed by atoms with Crippen LogP contribution in [0.4, 0.5) is 0 Å². The molecule has 3 fully saturated rings. The van der Waals surface area contributed by atoms with E-state index in [2.05, 4.69) is 22.0 Å². The molecule has 0 aromatic heterocycles. The number of carbonyl (C=O) groups is 1. The molecule has 0 aromatic rings. The van der Waals surface area contributed by atoms with Crippen molar-refractivity contribution in [3.8, 4) is 0 Å². The van der Waals surface area contributed by atoms with Gasteiger partial charge in [0.15, 0.2) is 0 Å². The standard InChI is InChI=1S/C16H29N3O2/c1-12-9-18-8-4-5-14(18)10-19(12)11-16(2,15(20)21-3)17-13-6-7-13/h12-14,17H,4-11H2,1-3H3. The van der Waals surface area contributed by atoms with Gasteiger partial charge < -0.3 is 4.74 Å². The van der Waals surface area contributed by atoms with E-state index in [9.17, 15) is 4.79 Å². The number of rotatable bonds is 5. The number of hydrogen-bond donors (Lipinski definition) is 1. The van der Waals surface area contributed by atoms with Crippen LogP contribution in [0.2, 0.25) is 0 Å². The molecular weight excluding hydrogens is 266 g/mol. The highest BCUT2D eigenvalue weighted by Gasteiger charge is 2.43. The van der Waals surface area contributed by atoms with Gasteiger partial charge >= 0.3 is 5.97 Å². The minimum Gasteiger partial charge on any atom is -0.468 e. The lowest BCUT2D eigenvalue weighted by Gasteiger charge is -2.45. The third-order valence-corrected chi connectivity index (χ3v) is 5.32. The predicted octanol–water partition coefficient (Wildman–Crippen LogP) is 0.839. The monoisotopic (exact) mass is 295 g/mol. The van der Waals surface area contributed by atoms with E-state index < -0.39 is 5.54 Å². The summed E-state index contributed by atoms with van der Waals surface area (Å²) in [6.07, 6.45) is 4.98. The van der Waals surface area contributed by atoms with E-state index in [4.69, 9.17) is 4.74 Å². The van der Waals surface area contributed by atoms with Crippen LogP contribution in [-0.4, -0.2) is 72.7 Å². The molecule has 5 nitrogen and oxygen atoms in total. The lowest BCUT2D eigenvalue weighted by atomic mass is 9.98. The van der Waals surface area contributed by atoms with E-state index in [1.54, 1.807) is 0 Å². The van der Waals surface area contributed by atoms with Crippen molar-refractivity contribution in [2.75, 3.05) is 33.3 Å². The summed E-state index contributed by atoms with van der Waals surface area (Å²) in [6, 6.07) is 1.69. The second-order valence-corrected chi connectivity index (χ2v) is 7.31. The van der Waals surface area contributed by atoms with Crippen LogP contribution < -0.4 is 5.32 Å². The van der Waals surface area contributed by atoms with Crippen molar-refractivity contribution in [2.24, 2.45) is 0 Å². The molecule has 0 aromatic carbocycles. The van der Waals surface area contributed by atoms with Gasteiger partial charge in [0.25, 0.3) is 0 Å². The molecule has 2 aliphatic heterocycles. The number of nitrogens with zero attached hydrogens (tertiary/aromatic N) is 2. The zero-order valence-electron chi connectivity index (χ0n) is 13.6. The van der Waals surface area contributed by atoms with E-state index >= 15 is 0 Å². The summed E-state index contributed by atoms with van der Waals surface area (Å²) in [7, 11) is 1.49. The molecule has 0 amide bonds. The highest BCUT2D eigenvalue weighted by molar-refractivity contribution is 5.80. The summed E-state index contributed by atoms with van der Waals surface area (Å²) in [6.45, 7) is 8.50. The number of fused-ring (bicyclic) bond motifs is 1. The first kappa shape index (κ1) is 15.3. The van der Waals surface area contributed by atoms with Crippen LogP contribution in [0.15, 0.2) is 0 Å². The number of ether oxygens (including phenoxy) is 1.